The van der Waals surface area contributed by atoms with Gasteiger partial charge in [-0.3, -0.25) is 24.0 Å². The van der Waals surface area contributed by atoms with E-state index in [0.717, 1.165) is 5.56 Å². The largest absolute Gasteiger partial charge is 0.387 e. The molecule has 0 bridgehead atoms. The van der Waals surface area contributed by atoms with Crippen molar-refractivity contribution >= 4 is 58.4 Å². The number of nitrogens with zero attached hydrogens (tertiary/aromatic N) is 2. The van der Waals surface area contributed by atoms with Crippen LogP contribution in [0, 0.1) is 23.7 Å². The summed E-state index contributed by atoms with van der Waals surface area (Å²) >= 11 is 12.7. The summed E-state index contributed by atoms with van der Waals surface area (Å²) in [6.45, 7) is 16.1. The molecule has 0 aliphatic carbocycles. The smallest absolute Gasteiger partial charge is 0.247 e. The lowest BCUT2D eigenvalue weighted by molar-refractivity contribution is -0.317. The van der Waals surface area contributed by atoms with Gasteiger partial charge in [0.2, 0.25) is 29.5 Å². The molecule has 17 atom stereocenters. The molecule has 3 aromatic rings. The van der Waals surface area contributed by atoms with Crippen molar-refractivity contribution in [3.05, 3.63) is 99.5 Å². The molecule has 460 valence electrons. The topological polar surface area (TPSA) is 247 Å². The molecule has 83 heavy (non-hydrogen) atoms. The number of carbonyl (C=O) groups excluding carboxylic acids is 5. The number of ether oxygens (including phenoxy) is 5. The van der Waals surface area contributed by atoms with E-state index in [0.29, 0.717) is 33.3 Å². The third kappa shape index (κ3) is 18.1. The zero-order valence-corrected chi connectivity index (χ0v) is 51.9. The number of hydrogen-bond donors (Lipinski definition) is 7. The van der Waals surface area contributed by atoms with Gasteiger partial charge in [0.15, 0.2) is 12.6 Å². The van der Waals surface area contributed by atoms with Gasteiger partial charge in [-0.15, -0.1) is 0 Å². The van der Waals surface area contributed by atoms with Crippen LogP contribution in [0.15, 0.2) is 72.8 Å². The number of rotatable bonds is 16. The Labute approximate surface area is 500 Å². The van der Waals surface area contributed by atoms with Gasteiger partial charge in [0, 0.05) is 73.7 Å². The first kappa shape index (κ1) is 67.4. The highest BCUT2D eigenvalue weighted by Gasteiger charge is 2.51. The van der Waals surface area contributed by atoms with Crippen LogP contribution in [0.25, 0.3) is 0 Å². The Hall–Kier alpha value is -4.77. The average molecular weight is 1200 g/mol. The second kappa shape index (κ2) is 29.6. The molecule has 3 fully saturated rings. The fourth-order valence-corrected chi connectivity index (χ4v) is 12.4. The number of amides is 5. The zero-order valence-electron chi connectivity index (χ0n) is 50.4. The molecule has 21 heteroatoms. The summed E-state index contributed by atoms with van der Waals surface area (Å²) < 4.78 is 32.1. The van der Waals surface area contributed by atoms with E-state index >= 15 is 0 Å². The molecular weight excluding hydrogens is 1110 g/mol. The van der Waals surface area contributed by atoms with Crippen LogP contribution in [0.4, 0.5) is 5.69 Å². The Morgan fingerprint density at radius 1 is 0.892 bits per heavy atom. The zero-order chi connectivity index (χ0) is 61.2. The molecule has 0 unspecified atom stereocenters. The van der Waals surface area contributed by atoms with Crippen LogP contribution in [0.3, 0.4) is 0 Å². The van der Waals surface area contributed by atoms with Crippen LogP contribution in [0.5, 0.6) is 0 Å². The number of methoxy groups -OCH3 is 1. The standard InChI is InChI=1S/C62H90Cl2N6O13/c1-34(2)52-59(77)66-45(26-41-19-23-44(24-20-41)65-58(76)47(28-42-21-22-43(63)29-46(42)64)67-49(71)27-40-17-15-14-16-18-40)30-50(72)70(12)33-35(3)31-61(8,78)56(83-60-53(73)48(69(10)11)25-36(4)80-60)37(5)54(38(6)57(75)68-52)82-51-32-62(9,79-13)55(74)39(7)81-51/h14-24,29,34-39,45,47-48,51-56,60,73-74,78H,25-28,30-33H2,1-13H3,(H,65,76)(H,66,77)(H,67,71)(H,68,75)/t35-,36-,37+,38-,39+,45-,47+,48+,51+,52+,53-,54+,55+,56-,60+,61-,62-/m1/s1. The third-order valence-corrected chi connectivity index (χ3v) is 17.2. The van der Waals surface area contributed by atoms with Crippen LogP contribution in [-0.4, -0.2) is 174 Å². The van der Waals surface area contributed by atoms with E-state index in [1.54, 1.807) is 103 Å². The monoisotopic (exact) mass is 1200 g/mol. The normalized spacial score (nSPS) is 33.0. The SMILES string of the molecule is CO[C@]1(C)C[C@H](O[C@H]2[C@H](C)[C@@H](O[C@@H]3O[C@H](C)C[C@H](N(C)C)[C@H]3O)[C@](C)(O)C[C@@H](C)CN(C)C(=O)C[C@@H](Cc3ccc(NC(=O)[C@H](Cc4ccc(Cl)cc4Cl)NC(=O)Cc4ccccc4)cc3)NC(=O)[C@H](C(C)C)NC(=O)[C@@H]2C)O[C@@H](C)[C@@H]1O. The van der Waals surface area contributed by atoms with Crippen molar-refractivity contribution in [1.29, 1.82) is 0 Å². The van der Waals surface area contributed by atoms with E-state index < -0.39 is 108 Å². The highest BCUT2D eigenvalue weighted by atomic mass is 35.5. The maximum atomic E-state index is 14.9. The minimum absolute atomic E-state index is 0.0528. The Morgan fingerprint density at radius 2 is 1.57 bits per heavy atom. The van der Waals surface area contributed by atoms with Crippen molar-refractivity contribution in [1.82, 2.24) is 25.8 Å². The molecule has 7 N–H and O–H groups in total. The number of aliphatic hydroxyl groups is 3. The molecule has 5 amide bonds. The Morgan fingerprint density at radius 3 is 2.19 bits per heavy atom. The summed E-state index contributed by atoms with van der Waals surface area (Å²) in [4.78, 5) is 74.8. The summed E-state index contributed by atoms with van der Waals surface area (Å²) in [6.07, 6.45) is -6.85. The number of benzene rings is 3. The highest BCUT2D eigenvalue weighted by molar-refractivity contribution is 6.35. The first-order valence-corrected chi connectivity index (χ1v) is 29.7. The predicted molar refractivity (Wildman–Crippen MR) is 317 cm³/mol. The minimum atomic E-state index is -1.71. The molecule has 3 saturated heterocycles. The molecule has 0 saturated carbocycles. The van der Waals surface area contributed by atoms with Crippen LogP contribution in [0.1, 0.15) is 105 Å². The predicted octanol–water partition coefficient (Wildman–Crippen LogP) is 6.08. The van der Waals surface area contributed by atoms with Gasteiger partial charge in [0.05, 0.1) is 48.0 Å². The van der Waals surface area contributed by atoms with Crippen molar-refractivity contribution < 1.29 is 63.0 Å². The van der Waals surface area contributed by atoms with Crippen molar-refractivity contribution in [2.24, 2.45) is 23.7 Å². The van der Waals surface area contributed by atoms with Gasteiger partial charge in [0.1, 0.15) is 24.3 Å². The number of hydrogen-bond acceptors (Lipinski definition) is 14. The van der Waals surface area contributed by atoms with Gasteiger partial charge in [-0.2, -0.15) is 0 Å². The molecule has 0 spiro atoms. The average Bonchev–Trinajstić information content (AvgIpc) is 3.59. The fraction of sp³-hybridized carbons (Fsp3) is 0.629. The summed E-state index contributed by atoms with van der Waals surface area (Å²) in [5.41, 5.74) is -0.280. The lowest BCUT2D eigenvalue weighted by Gasteiger charge is -2.49. The Bertz CT molecular complexity index is 2650. The van der Waals surface area contributed by atoms with Gasteiger partial charge in [-0.05, 0) is 114 Å². The summed E-state index contributed by atoms with van der Waals surface area (Å²) in [7, 11) is 6.88. The Kier molecular flexibility index (Phi) is 24.0. The van der Waals surface area contributed by atoms with Gasteiger partial charge in [-0.1, -0.05) is 106 Å². The lowest BCUT2D eigenvalue weighted by atomic mass is 9.77. The molecule has 3 heterocycles. The number of aliphatic hydroxyl groups excluding tert-OH is 2. The fourth-order valence-electron chi connectivity index (χ4n) is 11.9. The van der Waals surface area contributed by atoms with Crippen molar-refractivity contribution in [2.75, 3.05) is 40.1 Å². The van der Waals surface area contributed by atoms with Crippen molar-refractivity contribution in [3.8, 4) is 0 Å². The quantitative estimate of drug-likeness (QED) is 0.0860. The van der Waals surface area contributed by atoms with Gasteiger partial charge in [0.25, 0.3) is 0 Å². The van der Waals surface area contributed by atoms with E-state index in [1.807, 2.05) is 63.2 Å². The van der Waals surface area contributed by atoms with Gasteiger partial charge in [-0.25, -0.2) is 0 Å². The second-order valence-corrected chi connectivity index (χ2v) is 25.4. The van der Waals surface area contributed by atoms with E-state index in [-0.39, 0.29) is 74.9 Å². The van der Waals surface area contributed by atoms with E-state index in [1.165, 1.54) is 7.11 Å². The summed E-state index contributed by atoms with van der Waals surface area (Å²) in [6, 6.07) is 17.8. The first-order valence-electron chi connectivity index (χ1n) is 28.9. The Balaban J connectivity index is 1.29. The van der Waals surface area contributed by atoms with Crippen LogP contribution in [-0.2, 0) is 66.9 Å². The third-order valence-electron chi connectivity index (χ3n) is 16.6. The van der Waals surface area contributed by atoms with Gasteiger partial charge < -0.3 is 70.1 Å². The second-order valence-electron chi connectivity index (χ2n) is 24.5. The molecule has 19 nitrogen and oxygen atoms in total. The van der Waals surface area contributed by atoms with E-state index in [4.69, 9.17) is 46.9 Å². The van der Waals surface area contributed by atoms with Crippen LogP contribution in [0.2, 0.25) is 10.0 Å². The maximum absolute atomic E-state index is 14.9. The molecule has 3 aromatic carbocycles. The molecule has 3 aliphatic heterocycles. The molecule has 0 radical (unpaired) electrons. The number of halogens is 2. The number of nitrogens with one attached hydrogen (secondary N) is 4. The number of carbonyl (C=O) groups is 5. The van der Waals surface area contributed by atoms with Gasteiger partial charge >= 0.3 is 0 Å². The minimum Gasteiger partial charge on any atom is -0.387 e. The number of likely N-dealkylation sites (N-methyl/N-ethyl adjacent to an activating group) is 1. The molecule has 0 aromatic heterocycles. The summed E-state index contributed by atoms with van der Waals surface area (Å²) in [5, 5.41) is 48.5. The highest BCUT2D eigenvalue weighted by Crippen LogP contribution is 2.40. The van der Waals surface area contributed by atoms with Crippen molar-refractivity contribution in [2.45, 2.75) is 192 Å². The maximum Gasteiger partial charge on any atom is 0.247 e. The first-order chi connectivity index (χ1) is 39.0. The van der Waals surface area contributed by atoms with E-state index in [2.05, 4.69) is 21.3 Å². The molecule has 6 rings (SSSR count). The molecular formula is C62H90Cl2N6O13. The number of anilines is 1. The summed E-state index contributed by atoms with van der Waals surface area (Å²) in [5.74, 6) is -4.92. The van der Waals surface area contributed by atoms with Crippen molar-refractivity contribution in [3.63, 3.8) is 0 Å². The van der Waals surface area contributed by atoms with Crippen LogP contribution >= 0.6 is 23.2 Å². The van der Waals surface area contributed by atoms with E-state index in [9.17, 15) is 39.3 Å². The molecule has 3 aliphatic rings. The lowest BCUT2D eigenvalue weighted by Crippen LogP contribution is -2.61. The van der Waals surface area contributed by atoms with Crippen LogP contribution < -0.4 is 21.3 Å².